The first-order valence-corrected chi connectivity index (χ1v) is 8.75. The summed E-state index contributed by atoms with van der Waals surface area (Å²) in [6, 6.07) is 10.5. The Morgan fingerprint density at radius 2 is 2.08 bits per heavy atom. The number of benzene rings is 1. The monoisotopic (exact) mass is 356 g/mol. The standard InChI is InChI=1S/C18H24N6O2/c1-22(18(26)16-12-24(21-20-16)13-17(19)25)15-8-5-9-23(11-15)10-14-6-3-2-4-7-14/h2-4,6-7,12,15H,5,8-11,13H2,1H3,(H2,19,25). The lowest BCUT2D eigenvalue weighted by Crippen LogP contribution is -2.48. The van der Waals surface area contributed by atoms with E-state index in [1.807, 2.05) is 18.2 Å². The number of hydrogen-bond donors (Lipinski definition) is 1. The van der Waals surface area contributed by atoms with Gasteiger partial charge in [0.05, 0.1) is 6.20 Å². The first kappa shape index (κ1) is 18.1. The Labute approximate surface area is 152 Å². The van der Waals surface area contributed by atoms with E-state index in [0.717, 1.165) is 32.5 Å². The second-order valence-electron chi connectivity index (χ2n) is 6.70. The molecule has 1 saturated heterocycles. The fraction of sp³-hybridized carbons (Fsp3) is 0.444. The summed E-state index contributed by atoms with van der Waals surface area (Å²) in [7, 11) is 1.80. The van der Waals surface area contributed by atoms with Crippen molar-refractivity contribution in [3.8, 4) is 0 Å². The van der Waals surface area contributed by atoms with Crippen LogP contribution in [0.1, 0.15) is 28.9 Å². The van der Waals surface area contributed by atoms with Crippen LogP contribution in [0.15, 0.2) is 36.5 Å². The van der Waals surface area contributed by atoms with Gasteiger partial charge < -0.3 is 10.6 Å². The lowest BCUT2D eigenvalue weighted by Gasteiger charge is -2.37. The van der Waals surface area contributed by atoms with Crippen molar-refractivity contribution in [2.75, 3.05) is 20.1 Å². The Hall–Kier alpha value is -2.74. The van der Waals surface area contributed by atoms with E-state index in [0.29, 0.717) is 0 Å². The van der Waals surface area contributed by atoms with Crippen molar-refractivity contribution >= 4 is 11.8 Å². The molecule has 0 aliphatic carbocycles. The maximum Gasteiger partial charge on any atom is 0.276 e. The van der Waals surface area contributed by atoms with Crippen molar-refractivity contribution in [3.63, 3.8) is 0 Å². The van der Waals surface area contributed by atoms with Crippen molar-refractivity contribution in [2.45, 2.75) is 32.0 Å². The molecule has 2 aromatic rings. The molecule has 8 heteroatoms. The molecule has 2 amide bonds. The summed E-state index contributed by atoms with van der Waals surface area (Å²) in [5.74, 6) is -0.710. The summed E-state index contributed by atoms with van der Waals surface area (Å²) in [5, 5.41) is 7.66. The van der Waals surface area contributed by atoms with Gasteiger partial charge in [-0.25, -0.2) is 4.68 Å². The molecule has 0 radical (unpaired) electrons. The van der Waals surface area contributed by atoms with Crippen LogP contribution in [0.5, 0.6) is 0 Å². The molecular formula is C18H24N6O2. The van der Waals surface area contributed by atoms with E-state index in [1.54, 1.807) is 11.9 Å². The summed E-state index contributed by atoms with van der Waals surface area (Å²) in [6.45, 7) is 2.65. The predicted octanol–water partition coefficient (Wildman–Crippen LogP) is 0.500. The van der Waals surface area contributed by atoms with Crippen LogP contribution in [0.25, 0.3) is 0 Å². The quantitative estimate of drug-likeness (QED) is 0.813. The second-order valence-corrected chi connectivity index (χ2v) is 6.70. The summed E-state index contributed by atoms with van der Waals surface area (Å²) in [4.78, 5) is 27.7. The van der Waals surface area contributed by atoms with Crippen LogP contribution >= 0.6 is 0 Å². The topological polar surface area (TPSA) is 97.4 Å². The van der Waals surface area contributed by atoms with Crippen LogP contribution in [-0.2, 0) is 17.9 Å². The number of likely N-dealkylation sites (tertiary alicyclic amines) is 1. The molecule has 1 unspecified atom stereocenters. The smallest absolute Gasteiger partial charge is 0.276 e. The normalized spacial score (nSPS) is 17.8. The largest absolute Gasteiger partial charge is 0.368 e. The van der Waals surface area contributed by atoms with Crippen LogP contribution < -0.4 is 5.73 Å². The van der Waals surface area contributed by atoms with Gasteiger partial charge in [0, 0.05) is 26.2 Å². The van der Waals surface area contributed by atoms with Gasteiger partial charge >= 0.3 is 0 Å². The molecule has 1 aromatic heterocycles. The van der Waals surface area contributed by atoms with Crippen LogP contribution in [0.3, 0.4) is 0 Å². The van der Waals surface area contributed by atoms with E-state index < -0.39 is 5.91 Å². The molecule has 138 valence electrons. The molecule has 1 atom stereocenters. The van der Waals surface area contributed by atoms with Crippen molar-refractivity contribution in [1.82, 2.24) is 24.8 Å². The molecule has 2 heterocycles. The summed E-state index contributed by atoms with van der Waals surface area (Å²) < 4.78 is 1.28. The highest BCUT2D eigenvalue weighted by Crippen LogP contribution is 2.18. The number of amides is 2. The minimum absolute atomic E-state index is 0.0850. The maximum atomic E-state index is 12.7. The molecular weight excluding hydrogens is 332 g/mol. The number of carbonyl (C=O) groups excluding carboxylic acids is 2. The van der Waals surface area contributed by atoms with Gasteiger partial charge in [0.2, 0.25) is 5.91 Å². The maximum absolute atomic E-state index is 12.7. The summed E-state index contributed by atoms with van der Waals surface area (Å²) in [6.07, 6.45) is 3.47. The average molecular weight is 356 g/mol. The molecule has 8 nitrogen and oxygen atoms in total. The Kier molecular flexibility index (Phi) is 5.62. The van der Waals surface area contributed by atoms with E-state index in [4.69, 9.17) is 5.73 Å². The SMILES string of the molecule is CN(C(=O)c1cn(CC(N)=O)nn1)C1CCCN(Cc2ccccc2)C1. The lowest BCUT2D eigenvalue weighted by atomic mass is 10.0. The second kappa shape index (κ2) is 8.09. The number of rotatable bonds is 6. The van der Waals surface area contributed by atoms with E-state index in [9.17, 15) is 9.59 Å². The number of carbonyl (C=O) groups is 2. The van der Waals surface area contributed by atoms with E-state index in [2.05, 4.69) is 27.3 Å². The Balaban J connectivity index is 1.61. The van der Waals surface area contributed by atoms with Crippen LogP contribution in [0, 0.1) is 0 Å². The number of nitrogens with zero attached hydrogens (tertiary/aromatic N) is 5. The fourth-order valence-electron chi connectivity index (χ4n) is 3.31. The number of hydrogen-bond acceptors (Lipinski definition) is 5. The van der Waals surface area contributed by atoms with E-state index >= 15 is 0 Å². The van der Waals surface area contributed by atoms with Crippen molar-refractivity contribution in [2.24, 2.45) is 5.73 Å². The van der Waals surface area contributed by atoms with Gasteiger partial charge in [-0.05, 0) is 24.9 Å². The zero-order valence-electron chi connectivity index (χ0n) is 14.9. The zero-order valence-corrected chi connectivity index (χ0v) is 14.9. The molecule has 0 spiro atoms. The number of piperidine rings is 1. The zero-order chi connectivity index (χ0) is 18.5. The van der Waals surface area contributed by atoms with Gasteiger partial charge in [0.25, 0.3) is 5.91 Å². The molecule has 3 rings (SSSR count). The van der Waals surface area contributed by atoms with Crippen LogP contribution in [-0.4, -0.2) is 62.8 Å². The third-order valence-electron chi connectivity index (χ3n) is 4.67. The predicted molar refractivity (Wildman–Crippen MR) is 96.1 cm³/mol. The minimum atomic E-state index is -0.522. The first-order chi connectivity index (χ1) is 12.5. The molecule has 0 bridgehead atoms. The Morgan fingerprint density at radius 3 is 2.81 bits per heavy atom. The Bertz CT molecular complexity index is 760. The number of aromatic nitrogens is 3. The van der Waals surface area contributed by atoms with Gasteiger partial charge in [-0.15, -0.1) is 5.10 Å². The first-order valence-electron chi connectivity index (χ1n) is 8.75. The third kappa shape index (κ3) is 4.45. The molecule has 1 aliphatic rings. The van der Waals surface area contributed by atoms with Crippen LogP contribution in [0.4, 0.5) is 0 Å². The highest BCUT2D eigenvalue weighted by molar-refractivity contribution is 5.92. The molecule has 2 N–H and O–H groups in total. The van der Waals surface area contributed by atoms with Crippen molar-refractivity contribution in [3.05, 3.63) is 47.8 Å². The number of nitrogens with two attached hydrogens (primary N) is 1. The van der Waals surface area contributed by atoms with E-state index in [1.165, 1.54) is 16.4 Å². The van der Waals surface area contributed by atoms with E-state index in [-0.39, 0.29) is 24.2 Å². The van der Waals surface area contributed by atoms with Gasteiger partial charge in [0.15, 0.2) is 5.69 Å². The van der Waals surface area contributed by atoms with Gasteiger partial charge in [-0.3, -0.25) is 14.5 Å². The lowest BCUT2D eigenvalue weighted by molar-refractivity contribution is -0.118. The fourth-order valence-corrected chi connectivity index (χ4v) is 3.31. The highest BCUT2D eigenvalue weighted by Gasteiger charge is 2.28. The number of primary amides is 1. The average Bonchev–Trinajstić information content (AvgIpc) is 3.09. The third-order valence-corrected chi connectivity index (χ3v) is 4.67. The molecule has 1 fully saturated rings. The summed E-state index contributed by atoms with van der Waals surface area (Å²) in [5.41, 5.74) is 6.64. The molecule has 1 aliphatic heterocycles. The van der Waals surface area contributed by atoms with Crippen molar-refractivity contribution in [1.29, 1.82) is 0 Å². The number of likely N-dealkylation sites (N-methyl/N-ethyl adjacent to an activating group) is 1. The van der Waals surface area contributed by atoms with Crippen molar-refractivity contribution < 1.29 is 9.59 Å². The minimum Gasteiger partial charge on any atom is -0.368 e. The highest BCUT2D eigenvalue weighted by atomic mass is 16.2. The summed E-state index contributed by atoms with van der Waals surface area (Å²) >= 11 is 0. The van der Waals surface area contributed by atoms with Gasteiger partial charge in [-0.1, -0.05) is 35.5 Å². The van der Waals surface area contributed by atoms with Gasteiger partial charge in [0.1, 0.15) is 6.54 Å². The van der Waals surface area contributed by atoms with Gasteiger partial charge in [-0.2, -0.15) is 0 Å². The molecule has 0 saturated carbocycles. The van der Waals surface area contributed by atoms with Crippen LogP contribution in [0.2, 0.25) is 0 Å². The molecule has 26 heavy (non-hydrogen) atoms. The Morgan fingerprint density at radius 1 is 1.31 bits per heavy atom. The molecule has 1 aromatic carbocycles.